The lowest BCUT2D eigenvalue weighted by molar-refractivity contribution is 1.74. The van der Waals surface area contributed by atoms with E-state index in [0.29, 0.717) is 11.4 Å². The Bertz CT molecular complexity index is 1190. The molecular formula is C20H14N2. The summed E-state index contributed by atoms with van der Waals surface area (Å²) in [6.45, 7) is 0. The zero-order valence-corrected chi connectivity index (χ0v) is 11.9. The molecule has 0 saturated heterocycles. The van der Waals surface area contributed by atoms with Crippen molar-refractivity contribution < 1.29 is 0 Å². The van der Waals surface area contributed by atoms with Gasteiger partial charge in [-0.3, -0.25) is 0 Å². The minimum absolute atomic E-state index is 0.649. The zero-order valence-electron chi connectivity index (χ0n) is 11.9. The Balaban J connectivity index is 2.19. The van der Waals surface area contributed by atoms with Gasteiger partial charge in [0.25, 0.3) is 0 Å². The quantitative estimate of drug-likeness (QED) is 0.241. The molecule has 0 aliphatic carbocycles. The molecule has 5 rings (SSSR count). The van der Waals surface area contributed by atoms with Crippen molar-refractivity contribution in [3.05, 3.63) is 60.7 Å². The first-order chi connectivity index (χ1) is 10.7. The monoisotopic (exact) mass is 282 g/mol. The smallest absolute Gasteiger partial charge is 0.0628 e. The van der Waals surface area contributed by atoms with E-state index in [4.69, 9.17) is 11.5 Å². The standard InChI is InChI=1S/C20H14N2/c21-17-10-13-5-7-15-14-4-2-1-3-11(14)9-12-6-8-16(20(17)22)19(13)18(12)15/h1-10H,21-22H2. The molecule has 4 N–H and O–H groups in total. The van der Waals surface area contributed by atoms with Crippen molar-refractivity contribution in [3.63, 3.8) is 0 Å². The van der Waals surface area contributed by atoms with Crippen molar-refractivity contribution >= 4 is 54.5 Å². The Kier molecular flexibility index (Phi) is 2.01. The van der Waals surface area contributed by atoms with E-state index in [1.54, 1.807) is 0 Å². The Morgan fingerprint density at radius 1 is 0.545 bits per heavy atom. The molecule has 0 spiro atoms. The van der Waals surface area contributed by atoms with Crippen LogP contribution in [0.3, 0.4) is 0 Å². The van der Waals surface area contributed by atoms with E-state index in [9.17, 15) is 0 Å². The lowest BCUT2D eigenvalue weighted by Crippen LogP contribution is -1.97. The number of rotatable bonds is 0. The molecule has 22 heavy (non-hydrogen) atoms. The van der Waals surface area contributed by atoms with Gasteiger partial charge in [0.05, 0.1) is 11.4 Å². The molecule has 2 nitrogen and oxygen atoms in total. The highest BCUT2D eigenvalue weighted by molar-refractivity contribution is 6.31. The molecule has 2 heteroatoms. The lowest BCUT2D eigenvalue weighted by Gasteiger charge is -2.15. The SMILES string of the molecule is Nc1cc2ccc3c4ccccc4cc4ccc(c1N)c2c43. The maximum absolute atomic E-state index is 6.22. The molecule has 0 aliphatic rings. The third-order valence-electron chi connectivity index (χ3n) is 4.70. The van der Waals surface area contributed by atoms with Gasteiger partial charge in [-0.2, -0.15) is 0 Å². The largest absolute Gasteiger partial charge is 0.397 e. The number of fused-ring (bicyclic) bond motifs is 2. The fraction of sp³-hybridized carbons (Fsp3) is 0. The van der Waals surface area contributed by atoms with E-state index in [1.165, 1.54) is 32.3 Å². The van der Waals surface area contributed by atoms with Crippen LogP contribution in [0.1, 0.15) is 0 Å². The van der Waals surface area contributed by atoms with Crippen molar-refractivity contribution in [2.75, 3.05) is 11.5 Å². The minimum Gasteiger partial charge on any atom is -0.397 e. The second-order valence-electron chi connectivity index (χ2n) is 5.90. The van der Waals surface area contributed by atoms with E-state index in [2.05, 4.69) is 54.6 Å². The number of nitrogen functional groups attached to an aromatic ring is 2. The average Bonchev–Trinajstić information content (AvgIpc) is 2.55. The van der Waals surface area contributed by atoms with Crippen LogP contribution in [-0.4, -0.2) is 0 Å². The molecule has 5 aromatic carbocycles. The molecule has 0 amide bonds. The Morgan fingerprint density at radius 3 is 2.09 bits per heavy atom. The van der Waals surface area contributed by atoms with Crippen LogP contribution in [0.5, 0.6) is 0 Å². The molecule has 104 valence electrons. The van der Waals surface area contributed by atoms with Gasteiger partial charge in [0, 0.05) is 5.39 Å². The number of benzene rings is 5. The van der Waals surface area contributed by atoms with Gasteiger partial charge in [0.2, 0.25) is 0 Å². The summed E-state index contributed by atoms with van der Waals surface area (Å²) < 4.78 is 0. The van der Waals surface area contributed by atoms with Crippen LogP contribution in [-0.2, 0) is 0 Å². The summed E-state index contributed by atoms with van der Waals surface area (Å²) in [5.41, 5.74) is 13.6. The van der Waals surface area contributed by atoms with Gasteiger partial charge in [-0.1, -0.05) is 48.5 Å². The third-order valence-corrected chi connectivity index (χ3v) is 4.70. The van der Waals surface area contributed by atoms with Gasteiger partial charge in [0.15, 0.2) is 0 Å². The average molecular weight is 282 g/mol. The van der Waals surface area contributed by atoms with E-state index < -0.39 is 0 Å². The van der Waals surface area contributed by atoms with Gasteiger partial charge in [-0.05, 0) is 49.8 Å². The number of hydrogen-bond donors (Lipinski definition) is 2. The fourth-order valence-electron chi connectivity index (χ4n) is 3.67. The molecule has 0 unspecified atom stereocenters. The van der Waals surface area contributed by atoms with Crippen molar-refractivity contribution in [1.29, 1.82) is 0 Å². The molecule has 0 aromatic heterocycles. The Hall–Kier alpha value is -3.00. The highest BCUT2D eigenvalue weighted by atomic mass is 14.7. The second kappa shape index (κ2) is 3.80. The predicted octanol–water partition coefficient (Wildman–Crippen LogP) is 4.90. The van der Waals surface area contributed by atoms with Gasteiger partial charge in [-0.25, -0.2) is 0 Å². The van der Waals surface area contributed by atoms with Gasteiger partial charge < -0.3 is 11.5 Å². The summed E-state index contributed by atoms with van der Waals surface area (Å²) in [4.78, 5) is 0. The topological polar surface area (TPSA) is 52.0 Å². The van der Waals surface area contributed by atoms with Crippen molar-refractivity contribution in [3.8, 4) is 0 Å². The minimum atomic E-state index is 0.649. The van der Waals surface area contributed by atoms with Crippen molar-refractivity contribution in [2.45, 2.75) is 0 Å². The molecule has 0 saturated carbocycles. The number of nitrogens with two attached hydrogens (primary N) is 2. The molecule has 0 radical (unpaired) electrons. The second-order valence-corrected chi connectivity index (χ2v) is 5.90. The highest BCUT2D eigenvalue weighted by Crippen LogP contribution is 2.41. The first kappa shape index (κ1) is 11.6. The lowest BCUT2D eigenvalue weighted by atomic mass is 9.90. The van der Waals surface area contributed by atoms with Crippen LogP contribution in [0.4, 0.5) is 11.4 Å². The molecule has 5 aromatic rings. The van der Waals surface area contributed by atoms with Crippen LogP contribution >= 0.6 is 0 Å². The van der Waals surface area contributed by atoms with E-state index in [1.807, 2.05) is 6.07 Å². The summed E-state index contributed by atoms with van der Waals surface area (Å²) in [5, 5.41) is 9.75. The normalized spacial score (nSPS) is 12.0. The van der Waals surface area contributed by atoms with Crippen LogP contribution < -0.4 is 11.5 Å². The number of anilines is 2. The van der Waals surface area contributed by atoms with E-state index in [0.717, 1.165) is 10.8 Å². The predicted molar refractivity (Wildman–Crippen MR) is 96.5 cm³/mol. The van der Waals surface area contributed by atoms with Crippen LogP contribution in [0.2, 0.25) is 0 Å². The molecule has 0 bridgehead atoms. The molecule has 0 heterocycles. The summed E-state index contributed by atoms with van der Waals surface area (Å²) in [5.74, 6) is 0. The summed E-state index contributed by atoms with van der Waals surface area (Å²) >= 11 is 0. The molecule has 0 atom stereocenters. The van der Waals surface area contributed by atoms with Gasteiger partial charge in [-0.15, -0.1) is 0 Å². The Morgan fingerprint density at radius 2 is 1.23 bits per heavy atom. The van der Waals surface area contributed by atoms with Crippen molar-refractivity contribution in [1.82, 2.24) is 0 Å². The maximum Gasteiger partial charge on any atom is 0.0628 e. The first-order valence-corrected chi connectivity index (χ1v) is 7.38. The Labute approximate surface area is 127 Å². The zero-order chi connectivity index (χ0) is 14.8. The third kappa shape index (κ3) is 1.29. The molecule has 0 fully saturated rings. The first-order valence-electron chi connectivity index (χ1n) is 7.38. The van der Waals surface area contributed by atoms with Crippen molar-refractivity contribution in [2.24, 2.45) is 0 Å². The fourth-order valence-corrected chi connectivity index (χ4v) is 3.67. The van der Waals surface area contributed by atoms with Crippen LogP contribution in [0, 0.1) is 0 Å². The summed E-state index contributed by atoms with van der Waals surface area (Å²) in [7, 11) is 0. The van der Waals surface area contributed by atoms with Crippen LogP contribution in [0.25, 0.3) is 43.1 Å². The van der Waals surface area contributed by atoms with E-state index >= 15 is 0 Å². The van der Waals surface area contributed by atoms with Crippen LogP contribution in [0.15, 0.2) is 60.7 Å². The van der Waals surface area contributed by atoms with Gasteiger partial charge in [0.1, 0.15) is 0 Å². The summed E-state index contributed by atoms with van der Waals surface area (Å²) in [6, 6.07) is 21.3. The molecular weight excluding hydrogens is 268 g/mol. The highest BCUT2D eigenvalue weighted by Gasteiger charge is 2.13. The molecule has 0 aliphatic heterocycles. The van der Waals surface area contributed by atoms with Gasteiger partial charge >= 0.3 is 0 Å². The van der Waals surface area contributed by atoms with E-state index in [-0.39, 0.29) is 0 Å². The maximum atomic E-state index is 6.22. The number of hydrogen-bond acceptors (Lipinski definition) is 2. The summed E-state index contributed by atoms with van der Waals surface area (Å²) in [6.07, 6.45) is 0.